The number of hydrogen-bond donors (Lipinski definition) is 1. The van der Waals surface area contributed by atoms with Crippen molar-refractivity contribution in [3.05, 3.63) is 46.7 Å². The van der Waals surface area contributed by atoms with E-state index >= 15 is 0 Å². The van der Waals surface area contributed by atoms with Gasteiger partial charge in [-0.25, -0.2) is 0 Å². The van der Waals surface area contributed by atoms with Crippen molar-refractivity contribution < 1.29 is 22.5 Å². The lowest BCUT2D eigenvalue weighted by atomic mass is 10.1. The Morgan fingerprint density at radius 1 is 1.21 bits per heavy atom. The largest absolute Gasteiger partial charge is 0.445 e. The SMILES string of the molecule is Cc1onc(-c2ccccc2)c1C(=O)Nc1nnc(C(F)(F)F)s1. The highest BCUT2D eigenvalue weighted by Gasteiger charge is 2.36. The first-order chi connectivity index (χ1) is 11.4. The van der Waals surface area contributed by atoms with Gasteiger partial charge in [-0.05, 0) is 6.92 Å². The molecular weight excluding hydrogens is 345 g/mol. The summed E-state index contributed by atoms with van der Waals surface area (Å²) in [4.78, 5) is 12.4. The molecule has 1 aromatic carbocycles. The second-order valence-corrected chi connectivity index (χ2v) is 5.67. The van der Waals surface area contributed by atoms with Gasteiger partial charge in [0.15, 0.2) is 0 Å². The molecular formula is C14H9F3N4O2S. The number of carbonyl (C=O) groups is 1. The van der Waals surface area contributed by atoms with E-state index < -0.39 is 17.1 Å². The summed E-state index contributed by atoms with van der Waals surface area (Å²) in [6.45, 7) is 1.54. The van der Waals surface area contributed by atoms with E-state index in [4.69, 9.17) is 4.52 Å². The number of aromatic nitrogens is 3. The predicted octanol–water partition coefficient (Wildman–Crippen LogP) is 3.77. The van der Waals surface area contributed by atoms with Gasteiger partial charge in [-0.3, -0.25) is 10.1 Å². The Bertz CT molecular complexity index is 874. The third kappa shape index (κ3) is 3.13. The van der Waals surface area contributed by atoms with Gasteiger partial charge in [0.1, 0.15) is 17.0 Å². The normalized spacial score (nSPS) is 11.5. The maximum atomic E-state index is 12.5. The number of nitrogens with zero attached hydrogens (tertiary/aromatic N) is 3. The third-order valence-corrected chi connectivity index (χ3v) is 3.91. The summed E-state index contributed by atoms with van der Waals surface area (Å²) in [7, 11) is 0. The van der Waals surface area contributed by atoms with Crippen LogP contribution in [-0.4, -0.2) is 21.3 Å². The Balaban J connectivity index is 1.89. The summed E-state index contributed by atoms with van der Waals surface area (Å²) in [6.07, 6.45) is -4.61. The van der Waals surface area contributed by atoms with Crippen LogP contribution in [0.5, 0.6) is 0 Å². The molecule has 2 heterocycles. The highest BCUT2D eigenvalue weighted by molar-refractivity contribution is 7.15. The number of alkyl halides is 3. The van der Waals surface area contributed by atoms with Crippen LogP contribution < -0.4 is 5.32 Å². The van der Waals surface area contributed by atoms with E-state index in [1.165, 1.54) is 6.92 Å². The monoisotopic (exact) mass is 354 g/mol. The van der Waals surface area contributed by atoms with Crippen LogP contribution in [0.3, 0.4) is 0 Å². The molecule has 3 rings (SSSR count). The topological polar surface area (TPSA) is 80.9 Å². The smallest absolute Gasteiger partial charge is 0.360 e. The van der Waals surface area contributed by atoms with Gasteiger partial charge >= 0.3 is 6.18 Å². The van der Waals surface area contributed by atoms with Gasteiger partial charge in [0, 0.05) is 5.56 Å². The molecule has 0 aliphatic rings. The molecule has 0 bridgehead atoms. The molecule has 24 heavy (non-hydrogen) atoms. The minimum atomic E-state index is -4.61. The molecule has 0 fully saturated rings. The molecule has 3 aromatic rings. The van der Waals surface area contributed by atoms with Crippen LogP contribution in [0.4, 0.5) is 18.3 Å². The zero-order chi connectivity index (χ0) is 17.3. The summed E-state index contributed by atoms with van der Waals surface area (Å²) >= 11 is 0.243. The predicted molar refractivity (Wildman–Crippen MR) is 79.5 cm³/mol. The lowest BCUT2D eigenvalue weighted by Crippen LogP contribution is -2.13. The quantitative estimate of drug-likeness (QED) is 0.774. The zero-order valence-electron chi connectivity index (χ0n) is 12.1. The molecule has 0 aliphatic heterocycles. The summed E-state index contributed by atoms with van der Waals surface area (Å²) in [5.41, 5.74) is 1.07. The standard InChI is InChI=1S/C14H9F3N4O2S/c1-7-9(10(21-23-7)8-5-3-2-4-6-8)11(22)18-13-20-19-12(24-13)14(15,16)17/h2-6H,1H3,(H,18,20,22). The van der Waals surface area contributed by atoms with Gasteiger partial charge in [-0.15, -0.1) is 10.2 Å². The summed E-state index contributed by atoms with van der Waals surface area (Å²) < 4.78 is 42.6. The van der Waals surface area contributed by atoms with Gasteiger partial charge in [0.2, 0.25) is 10.1 Å². The van der Waals surface area contributed by atoms with Gasteiger partial charge < -0.3 is 4.52 Å². The number of amides is 1. The molecule has 0 aliphatic carbocycles. The molecule has 0 radical (unpaired) electrons. The average Bonchev–Trinajstić information content (AvgIpc) is 3.14. The first-order valence-corrected chi connectivity index (χ1v) is 7.41. The highest BCUT2D eigenvalue weighted by Crippen LogP contribution is 2.33. The van der Waals surface area contributed by atoms with Gasteiger partial charge in [-0.1, -0.05) is 46.8 Å². The van der Waals surface area contributed by atoms with Crippen molar-refractivity contribution in [1.82, 2.24) is 15.4 Å². The number of carbonyl (C=O) groups excluding carboxylic acids is 1. The van der Waals surface area contributed by atoms with Crippen LogP contribution >= 0.6 is 11.3 Å². The minimum absolute atomic E-state index is 0.130. The Kier molecular flexibility index (Phi) is 4.06. The molecule has 0 saturated carbocycles. The third-order valence-electron chi connectivity index (χ3n) is 3.02. The van der Waals surface area contributed by atoms with Crippen LogP contribution in [-0.2, 0) is 6.18 Å². The Morgan fingerprint density at radius 3 is 2.54 bits per heavy atom. The van der Waals surface area contributed by atoms with Gasteiger partial charge in [-0.2, -0.15) is 13.2 Å². The summed E-state index contributed by atoms with van der Waals surface area (Å²) in [5, 5.41) is 11.1. The minimum Gasteiger partial charge on any atom is -0.360 e. The second kappa shape index (κ2) is 6.04. The molecule has 124 valence electrons. The van der Waals surface area contributed by atoms with E-state index in [1.54, 1.807) is 30.3 Å². The Labute approximate surface area is 137 Å². The number of anilines is 1. The molecule has 0 atom stereocenters. The Morgan fingerprint density at radius 2 is 1.92 bits per heavy atom. The van der Waals surface area contributed by atoms with E-state index in [0.29, 0.717) is 11.3 Å². The number of benzene rings is 1. The number of rotatable bonds is 3. The first-order valence-electron chi connectivity index (χ1n) is 6.60. The number of nitrogens with one attached hydrogen (secondary N) is 1. The second-order valence-electron chi connectivity index (χ2n) is 4.69. The van der Waals surface area contributed by atoms with Crippen molar-refractivity contribution in [3.63, 3.8) is 0 Å². The van der Waals surface area contributed by atoms with Crippen LogP contribution in [0, 0.1) is 6.92 Å². The highest BCUT2D eigenvalue weighted by atomic mass is 32.1. The molecule has 10 heteroatoms. The zero-order valence-corrected chi connectivity index (χ0v) is 12.9. The van der Waals surface area contributed by atoms with Crippen molar-refractivity contribution in [2.75, 3.05) is 5.32 Å². The molecule has 1 N–H and O–H groups in total. The van der Waals surface area contributed by atoms with Crippen molar-refractivity contribution in [2.24, 2.45) is 0 Å². The molecule has 1 amide bonds. The van der Waals surface area contributed by atoms with Crippen LogP contribution in [0.25, 0.3) is 11.3 Å². The van der Waals surface area contributed by atoms with Gasteiger partial charge in [0.25, 0.3) is 5.91 Å². The van der Waals surface area contributed by atoms with Crippen molar-refractivity contribution in [3.8, 4) is 11.3 Å². The first kappa shape index (κ1) is 16.1. The fourth-order valence-electron chi connectivity index (χ4n) is 1.98. The molecule has 6 nitrogen and oxygen atoms in total. The van der Waals surface area contributed by atoms with E-state index in [9.17, 15) is 18.0 Å². The lowest BCUT2D eigenvalue weighted by Gasteiger charge is -2.02. The summed E-state index contributed by atoms with van der Waals surface area (Å²) in [5.74, 6) is -0.426. The van der Waals surface area contributed by atoms with E-state index in [-0.39, 0.29) is 27.8 Å². The van der Waals surface area contributed by atoms with E-state index in [1.807, 2.05) is 0 Å². The molecule has 0 unspecified atom stereocenters. The molecule has 0 spiro atoms. The molecule has 2 aromatic heterocycles. The maximum Gasteiger partial charge on any atom is 0.445 e. The van der Waals surface area contributed by atoms with Crippen LogP contribution in [0.2, 0.25) is 0 Å². The number of hydrogen-bond acceptors (Lipinski definition) is 6. The van der Waals surface area contributed by atoms with Gasteiger partial charge in [0.05, 0.1) is 0 Å². The van der Waals surface area contributed by atoms with Crippen molar-refractivity contribution in [2.45, 2.75) is 13.1 Å². The fraction of sp³-hybridized carbons (Fsp3) is 0.143. The number of halogens is 3. The van der Waals surface area contributed by atoms with E-state index in [2.05, 4.69) is 20.7 Å². The number of aryl methyl sites for hydroxylation is 1. The molecule has 0 saturated heterocycles. The summed E-state index contributed by atoms with van der Waals surface area (Å²) in [6, 6.07) is 8.81. The van der Waals surface area contributed by atoms with Crippen LogP contribution in [0.1, 0.15) is 21.1 Å². The maximum absolute atomic E-state index is 12.5. The van der Waals surface area contributed by atoms with Crippen LogP contribution in [0.15, 0.2) is 34.9 Å². The van der Waals surface area contributed by atoms with E-state index in [0.717, 1.165) is 0 Å². The average molecular weight is 354 g/mol. The van der Waals surface area contributed by atoms with Crippen molar-refractivity contribution >= 4 is 22.4 Å². The lowest BCUT2D eigenvalue weighted by molar-refractivity contribution is -0.138. The Hall–Kier alpha value is -2.75. The van der Waals surface area contributed by atoms with Crippen molar-refractivity contribution in [1.29, 1.82) is 0 Å². The fourth-order valence-corrected chi connectivity index (χ4v) is 2.59.